The Kier molecular flexibility index (Phi) is 6.74. The standard InChI is InChI=1S/C20H22F3N3OS/c1-14-6-7-18(27-19(22)23)17(12-14)24-20(28)26-10-8-25(9-11-26)13-15-4-2-3-5-16(15)21/h2-7,12,19H,8-11,13H2,1H3,(H,24,28). The van der Waals surface area contributed by atoms with Crippen LogP contribution in [0.4, 0.5) is 18.9 Å². The predicted octanol–water partition coefficient (Wildman–Crippen LogP) is 4.25. The van der Waals surface area contributed by atoms with Crippen molar-refractivity contribution in [1.82, 2.24) is 9.80 Å². The normalized spacial score (nSPS) is 15.0. The van der Waals surface area contributed by atoms with Gasteiger partial charge >= 0.3 is 6.61 Å². The van der Waals surface area contributed by atoms with E-state index in [1.807, 2.05) is 17.9 Å². The average Bonchev–Trinajstić information content (AvgIpc) is 2.66. The molecule has 1 N–H and O–H groups in total. The fourth-order valence-electron chi connectivity index (χ4n) is 3.11. The van der Waals surface area contributed by atoms with Crippen molar-refractivity contribution in [3.05, 3.63) is 59.4 Å². The molecule has 1 saturated heterocycles. The molecule has 0 amide bonds. The Hall–Kier alpha value is -2.32. The van der Waals surface area contributed by atoms with Crippen LogP contribution in [0.1, 0.15) is 11.1 Å². The van der Waals surface area contributed by atoms with E-state index in [1.54, 1.807) is 24.3 Å². The number of anilines is 1. The Morgan fingerprint density at radius 3 is 2.54 bits per heavy atom. The van der Waals surface area contributed by atoms with Gasteiger partial charge in [-0.3, -0.25) is 4.90 Å². The van der Waals surface area contributed by atoms with E-state index < -0.39 is 6.61 Å². The number of alkyl halides is 2. The quantitative estimate of drug-likeness (QED) is 0.746. The second-order valence-electron chi connectivity index (χ2n) is 6.66. The lowest BCUT2D eigenvalue weighted by Gasteiger charge is -2.36. The second-order valence-corrected chi connectivity index (χ2v) is 7.05. The highest BCUT2D eigenvalue weighted by Crippen LogP contribution is 2.27. The summed E-state index contributed by atoms with van der Waals surface area (Å²) in [5, 5.41) is 3.47. The zero-order valence-corrected chi connectivity index (χ0v) is 16.3. The molecule has 0 saturated carbocycles. The molecule has 1 aliphatic rings. The first-order valence-corrected chi connectivity index (χ1v) is 9.40. The van der Waals surface area contributed by atoms with E-state index in [-0.39, 0.29) is 11.6 Å². The molecule has 0 spiro atoms. The number of hydrogen-bond donors (Lipinski definition) is 1. The molecule has 2 aromatic rings. The van der Waals surface area contributed by atoms with Crippen molar-refractivity contribution in [3.8, 4) is 5.75 Å². The summed E-state index contributed by atoms with van der Waals surface area (Å²) in [7, 11) is 0. The molecule has 28 heavy (non-hydrogen) atoms. The second kappa shape index (κ2) is 9.25. The summed E-state index contributed by atoms with van der Waals surface area (Å²) in [6.07, 6.45) is 0. The molecular weight excluding hydrogens is 387 g/mol. The van der Waals surface area contributed by atoms with Crippen LogP contribution in [0.15, 0.2) is 42.5 Å². The molecule has 0 bridgehead atoms. The van der Waals surface area contributed by atoms with Gasteiger partial charge in [0.1, 0.15) is 11.6 Å². The number of nitrogens with zero attached hydrogens (tertiary/aromatic N) is 2. The first-order chi connectivity index (χ1) is 13.4. The highest BCUT2D eigenvalue weighted by Gasteiger charge is 2.21. The van der Waals surface area contributed by atoms with Crippen LogP contribution in [-0.2, 0) is 6.54 Å². The van der Waals surface area contributed by atoms with E-state index in [2.05, 4.69) is 15.0 Å². The van der Waals surface area contributed by atoms with Crippen molar-refractivity contribution >= 4 is 23.0 Å². The van der Waals surface area contributed by atoms with Gasteiger partial charge in [-0.2, -0.15) is 8.78 Å². The lowest BCUT2D eigenvalue weighted by atomic mass is 10.2. The summed E-state index contributed by atoms with van der Waals surface area (Å²) >= 11 is 5.45. The molecular formula is C20H22F3N3OS. The number of halogens is 3. The Morgan fingerprint density at radius 2 is 1.86 bits per heavy atom. The minimum absolute atomic E-state index is 0.0566. The molecule has 0 aliphatic carbocycles. The van der Waals surface area contributed by atoms with Gasteiger partial charge in [-0.05, 0) is 42.9 Å². The van der Waals surface area contributed by atoms with E-state index in [0.717, 1.165) is 18.7 Å². The summed E-state index contributed by atoms with van der Waals surface area (Å²) in [5.74, 6) is -0.144. The molecule has 4 nitrogen and oxygen atoms in total. The Morgan fingerprint density at radius 1 is 1.14 bits per heavy atom. The van der Waals surface area contributed by atoms with Crippen molar-refractivity contribution in [1.29, 1.82) is 0 Å². The molecule has 0 aromatic heterocycles. The lowest BCUT2D eigenvalue weighted by molar-refractivity contribution is -0.0493. The Bertz CT molecular complexity index is 826. The van der Waals surface area contributed by atoms with Gasteiger partial charge < -0.3 is 15.0 Å². The van der Waals surface area contributed by atoms with Gasteiger partial charge in [0.05, 0.1) is 5.69 Å². The number of nitrogens with one attached hydrogen (secondary N) is 1. The lowest BCUT2D eigenvalue weighted by Crippen LogP contribution is -2.49. The smallest absolute Gasteiger partial charge is 0.387 e. The van der Waals surface area contributed by atoms with Crippen LogP contribution in [0.5, 0.6) is 5.75 Å². The SMILES string of the molecule is Cc1ccc(OC(F)F)c(NC(=S)N2CCN(Cc3ccccc3F)CC2)c1. The van der Waals surface area contributed by atoms with E-state index >= 15 is 0 Å². The number of thiocarbonyl (C=S) groups is 1. The third-order valence-corrected chi connectivity index (χ3v) is 4.96. The van der Waals surface area contributed by atoms with E-state index in [4.69, 9.17) is 12.2 Å². The van der Waals surface area contributed by atoms with Gasteiger partial charge in [0.15, 0.2) is 5.11 Å². The zero-order valence-electron chi connectivity index (χ0n) is 15.5. The summed E-state index contributed by atoms with van der Waals surface area (Å²) in [6.45, 7) is 2.29. The summed E-state index contributed by atoms with van der Waals surface area (Å²) in [4.78, 5) is 4.14. The maximum Gasteiger partial charge on any atom is 0.387 e. The number of benzene rings is 2. The number of ether oxygens (including phenoxy) is 1. The first kappa shape index (κ1) is 20.4. The van der Waals surface area contributed by atoms with Crippen LogP contribution in [0, 0.1) is 12.7 Å². The summed E-state index contributed by atoms with van der Waals surface area (Å²) in [5.41, 5.74) is 1.99. The molecule has 2 aromatic carbocycles. The van der Waals surface area contributed by atoms with Crippen molar-refractivity contribution in [3.63, 3.8) is 0 Å². The van der Waals surface area contributed by atoms with Crippen LogP contribution in [0.2, 0.25) is 0 Å². The Balaban J connectivity index is 1.57. The zero-order chi connectivity index (χ0) is 20.1. The fourth-order valence-corrected chi connectivity index (χ4v) is 3.40. The highest BCUT2D eigenvalue weighted by molar-refractivity contribution is 7.80. The van der Waals surface area contributed by atoms with Crippen LogP contribution < -0.4 is 10.1 Å². The van der Waals surface area contributed by atoms with E-state index in [0.29, 0.717) is 36.0 Å². The van der Waals surface area contributed by atoms with Crippen LogP contribution in [-0.4, -0.2) is 47.7 Å². The monoisotopic (exact) mass is 409 g/mol. The van der Waals surface area contributed by atoms with Crippen LogP contribution in [0.25, 0.3) is 0 Å². The molecule has 1 fully saturated rings. The molecule has 3 rings (SSSR count). The minimum Gasteiger partial charge on any atom is -0.433 e. The maximum atomic E-state index is 13.8. The average molecular weight is 409 g/mol. The molecule has 1 heterocycles. The third-order valence-electron chi connectivity index (χ3n) is 4.60. The Labute approximate surface area is 167 Å². The van der Waals surface area contributed by atoms with Gasteiger partial charge in [-0.1, -0.05) is 24.3 Å². The fraction of sp³-hybridized carbons (Fsp3) is 0.350. The van der Waals surface area contributed by atoms with Gasteiger partial charge in [0, 0.05) is 38.3 Å². The first-order valence-electron chi connectivity index (χ1n) is 8.99. The van der Waals surface area contributed by atoms with Gasteiger partial charge in [-0.15, -0.1) is 0 Å². The van der Waals surface area contributed by atoms with Crippen LogP contribution >= 0.6 is 12.2 Å². The molecule has 8 heteroatoms. The van der Waals surface area contributed by atoms with Crippen molar-refractivity contribution in [2.24, 2.45) is 0 Å². The number of piperazine rings is 1. The van der Waals surface area contributed by atoms with Crippen LogP contribution in [0.3, 0.4) is 0 Å². The van der Waals surface area contributed by atoms with Gasteiger partial charge in [-0.25, -0.2) is 4.39 Å². The highest BCUT2D eigenvalue weighted by atomic mass is 32.1. The molecule has 1 aliphatic heterocycles. The summed E-state index contributed by atoms with van der Waals surface area (Å²) < 4.78 is 43.6. The van der Waals surface area contributed by atoms with E-state index in [1.165, 1.54) is 12.1 Å². The largest absolute Gasteiger partial charge is 0.433 e. The molecule has 0 atom stereocenters. The minimum atomic E-state index is -2.90. The maximum absolute atomic E-state index is 13.8. The van der Waals surface area contributed by atoms with Crippen molar-refractivity contribution in [2.75, 3.05) is 31.5 Å². The van der Waals surface area contributed by atoms with E-state index in [9.17, 15) is 13.2 Å². The number of hydrogen-bond acceptors (Lipinski definition) is 3. The number of aryl methyl sites for hydroxylation is 1. The predicted molar refractivity (Wildman–Crippen MR) is 107 cm³/mol. The molecule has 150 valence electrons. The van der Waals surface area contributed by atoms with Gasteiger partial charge in [0.2, 0.25) is 0 Å². The van der Waals surface area contributed by atoms with Gasteiger partial charge in [0.25, 0.3) is 0 Å². The van der Waals surface area contributed by atoms with Crippen molar-refractivity contribution in [2.45, 2.75) is 20.1 Å². The number of rotatable bonds is 5. The van der Waals surface area contributed by atoms with Crippen molar-refractivity contribution < 1.29 is 17.9 Å². The topological polar surface area (TPSA) is 27.7 Å². The summed E-state index contributed by atoms with van der Waals surface area (Å²) in [6, 6.07) is 11.7. The molecule has 0 unspecified atom stereocenters. The third kappa shape index (κ3) is 5.36. The molecule has 0 radical (unpaired) electrons.